The van der Waals surface area contributed by atoms with E-state index in [9.17, 15) is 4.79 Å². The number of carbonyl (C=O) groups excluding carboxylic acids is 1. The Labute approximate surface area is 273 Å². The Balaban J connectivity index is 1.17. The van der Waals surface area contributed by atoms with Crippen molar-refractivity contribution in [2.75, 3.05) is 19.4 Å². The maximum Gasteiger partial charge on any atom is 0.419 e. The molecule has 242 valence electrons. The standard InChI is InChI=1S/C35H43N7O3S/c1-35(2,3)45-34(43)41-26(19-36-18-23-8-7-9-23)15-25-12-11-24(14-31(25)41)21-40-22-30(38-39-40)28-16-27(46-4)17-32-29(28)20-37-42(32)33-10-5-6-13-44-33/h11-12,14-17,20,22-23,33,36H,5-10,13,18-19,21H2,1-4H3. The minimum atomic E-state index is -0.599. The lowest BCUT2D eigenvalue weighted by Gasteiger charge is -2.25. The van der Waals surface area contributed by atoms with Crippen molar-refractivity contribution in [3.8, 4) is 11.3 Å². The molecule has 1 saturated heterocycles. The number of ether oxygens (including phenoxy) is 2. The van der Waals surface area contributed by atoms with Crippen molar-refractivity contribution in [1.82, 2.24) is 34.7 Å². The molecule has 1 N–H and O–H groups in total. The zero-order valence-electron chi connectivity index (χ0n) is 27.2. The monoisotopic (exact) mass is 641 g/mol. The van der Waals surface area contributed by atoms with Gasteiger partial charge in [-0.15, -0.1) is 16.9 Å². The molecule has 10 nitrogen and oxygen atoms in total. The van der Waals surface area contributed by atoms with E-state index >= 15 is 0 Å². The Morgan fingerprint density at radius 2 is 1.96 bits per heavy atom. The third kappa shape index (κ3) is 6.45. The summed E-state index contributed by atoms with van der Waals surface area (Å²) >= 11 is 1.70. The minimum Gasteiger partial charge on any atom is -0.443 e. The van der Waals surface area contributed by atoms with Gasteiger partial charge in [0.2, 0.25) is 0 Å². The van der Waals surface area contributed by atoms with Gasteiger partial charge in [0.05, 0.1) is 30.0 Å². The lowest BCUT2D eigenvalue weighted by atomic mass is 9.85. The van der Waals surface area contributed by atoms with Gasteiger partial charge in [0.25, 0.3) is 0 Å². The third-order valence-corrected chi connectivity index (χ3v) is 9.71. The second kappa shape index (κ2) is 12.8. The average Bonchev–Trinajstić information content (AvgIpc) is 3.74. The first kappa shape index (κ1) is 31.0. The summed E-state index contributed by atoms with van der Waals surface area (Å²) in [6.07, 6.45) is 12.7. The molecule has 46 heavy (non-hydrogen) atoms. The highest BCUT2D eigenvalue weighted by atomic mass is 32.2. The van der Waals surface area contributed by atoms with Crippen LogP contribution in [0.1, 0.15) is 76.8 Å². The van der Waals surface area contributed by atoms with Crippen molar-refractivity contribution in [2.45, 2.75) is 89.1 Å². The third-order valence-electron chi connectivity index (χ3n) is 9.00. The van der Waals surface area contributed by atoms with Crippen LogP contribution in [0.2, 0.25) is 0 Å². The van der Waals surface area contributed by atoms with E-state index in [2.05, 4.69) is 58.3 Å². The molecule has 0 radical (unpaired) electrons. The molecular weight excluding hydrogens is 598 g/mol. The van der Waals surface area contributed by atoms with Gasteiger partial charge in [-0.05, 0) is 101 Å². The van der Waals surface area contributed by atoms with Gasteiger partial charge in [0, 0.05) is 40.1 Å². The van der Waals surface area contributed by atoms with Gasteiger partial charge in [-0.3, -0.25) is 0 Å². The topological polar surface area (TPSA) is 101 Å². The smallest absolute Gasteiger partial charge is 0.419 e. The molecule has 4 heterocycles. The molecule has 5 aromatic rings. The van der Waals surface area contributed by atoms with E-state index in [1.54, 1.807) is 16.3 Å². The van der Waals surface area contributed by atoms with E-state index < -0.39 is 5.60 Å². The maximum atomic E-state index is 13.5. The number of aromatic nitrogens is 6. The van der Waals surface area contributed by atoms with E-state index in [1.165, 1.54) is 19.3 Å². The van der Waals surface area contributed by atoms with Crippen LogP contribution >= 0.6 is 11.8 Å². The molecule has 1 aliphatic carbocycles. The summed E-state index contributed by atoms with van der Waals surface area (Å²) in [4.78, 5) is 14.6. The second-order valence-electron chi connectivity index (χ2n) is 13.6. The highest BCUT2D eigenvalue weighted by molar-refractivity contribution is 7.98. The van der Waals surface area contributed by atoms with E-state index in [1.807, 2.05) is 42.5 Å². The Bertz CT molecular complexity index is 1860. The number of fused-ring (bicyclic) bond motifs is 2. The number of benzene rings is 2. The average molecular weight is 642 g/mol. The van der Waals surface area contributed by atoms with Crippen LogP contribution in [0.5, 0.6) is 0 Å². The zero-order chi connectivity index (χ0) is 31.8. The van der Waals surface area contributed by atoms with Gasteiger partial charge in [-0.1, -0.05) is 23.8 Å². The Morgan fingerprint density at radius 1 is 1.09 bits per heavy atom. The van der Waals surface area contributed by atoms with Crippen LogP contribution in [0.4, 0.5) is 4.79 Å². The number of hydrogen-bond donors (Lipinski definition) is 1. The maximum absolute atomic E-state index is 13.5. The largest absolute Gasteiger partial charge is 0.443 e. The Hall–Kier alpha value is -3.67. The van der Waals surface area contributed by atoms with Crippen LogP contribution in [0.15, 0.2) is 53.7 Å². The van der Waals surface area contributed by atoms with Gasteiger partial charge in [0.15, 0.2) is 6.23 Å². The molecule has 1 atom stereocenters. The molecule has 3 aromatic heterocycles. The second-order valence-corrected chi connectivity index (χ2v) is 14.5. The molecule has 1 aliphatic heterocycles. The van der Waals surface area contributed by atoms with Crippen LogP contribution in [0.3, 0.4) is 0 Å². The highest BCUT2D eigenvalue weighted by Gasteiger charge is 2.24. The Kier molecular flexibility index (Phi) is 8.65. The van der Waals surface area contributed by atoms with Crippen LogP contribution in [-0.4, -0.2) is 60.4 Å². The fourth-order valence-electron chi connectivity index (χ4n) is 6.44. The number of nitrogens with one attached hydrogen (secondary N) is 1. The summed E-state index contributed by atoms with van der Waals surface area (Å²) in [5.41, 5.74) is 5.00. The van der Waals surface area contributed by atoms with Gasteiger partial charge in [-0.2, -0.15) is 5.10 Å². The SMILES string of the molecule is CSc1cc(-c2cn(Cc3ccc4cc(CNCC5CCC5)n(C(=O)OC(C)(C)C)c4c3)nn2)c2cnn(C3CCCCO3)c2c1. The molecule has 11 heteroatoms. The lowest BCUT2D eigenvalue weighted by Crippen LogP contribution is -2.30. The summed E-state index contributed by atoms with van der Waals surface area (Å²) in [6.45, 7) is 8.56. The summed E-state index contributed by atoms with van der Waals surface area (Å²) < 4.78 is 17.5. The van der Waals surface area contributed by atoms with E-state index in [0.29, 0.717) is 13.1 Å². The number of thioether (sulfide) groups is 1. The molecule has 1 unspecified atom stereocenters. The predicted octanol–water partition coefficient (Wildman–Crippen LogP) is 7.39. The van der Waals surface area contributed by atoms with E-state index in [0.717, 1.165) is 87.5 Å². The van der Waals surface area contributed by atoms with Crippen molar-refractivity contribution in [2.24, 2.45) is 5.92 Å². The molecule has 0 amide bonds. The van der Waals surface area contributed by atoms with Crippen LogP contribution in [-0.2, 0) is 22.6 Å². The number of nitrogens with zero attached hydrogens (tertiary/aromatic N) is 6. The Morgan fingerprint density at radius 3 is 2.70 bits per heavy atom. The zero-order valence-corrected chi connectivity index (χ0v) is 28.0. The molecule has 2 fully saturated rings. The van der Waals surface area contributed by atoms with E-state index in [-0.39, 0.29) is 12.3 Å². The quantitative estimate of drug-likeness (QED) is 0.166. The molecule has 1 saturated carbocycles. The van der Waals surface area contributed by atoms with Gasteiger partial charge in [0.1, 0.15) is 11.3 Å². The summed E-state index contributed by atoms with van der Waals surface area (Å²) in [6, 6.07) is 12.7. The highest BCUT2D eigenvalue weighted by Crippen LogP contribution is 2.35. The fraction of sp³-hybridized carbons (Fsp3) is 0.486. The summed E-state index contributed by atoms with van der Waals surface area (Å²) in [5, 5.41) is 19.5. The molecular formula is C35H43N7O3S. The van der Waals surface area contributed by atoms with Crippen molar-refractivity contribution >= 4 is 39.7 Å². The van der Waals surface area contributed by atoms with Gasteiger partial charge >= 0.3 is 6.09 Å². The number of hydrogen-bond acceptors (Lipinski definition) is 8. The molecule has 2 aliphatic rings. The van der Waals surface area contributed by atoms with Crippen molar-refractivity contribution in [3.63, 3.8) is 0 Å². The van der Waals surface area contributed by atoms with Crippen LogP contribution in [0, 0.1) is 5.92 Å². The van der Waals surface area contributed by atoms with Crippen molar-refractivity contribution in [3.05, 3.63) is 60.0 Å². The molecule has 0 bridgehead atoms. The fourth-order valence-corrected chi connectivity index (χ4v) is 6.90. The van der Waals surface area contributed by atoms with Crippen LogP contribution in [0.25, 0.3) is 33.1 Å². The van der Waals surface area contributed by atoms with Crippen LogP contribution < -0.4 is 5.32 Å². The van der Waals surface area contributed by atoms with Crippen molar-refractivity contribution in [1.29, 1.82) is 0 Å². The van der Waals surface area contributed by atoms with E-state index in [4.69, 9.17) is 14.6 Å². The van der Waals surface area contributed by atoms with Crippen molar-refractivity contribution < 1.29 is 14.3 Å². The molecule has 0 spiro atoms. The van der Waals surface area contributed by atoms with Gasteiger partial charge < -0.3 is 14.8 Å². The number of rotatable bonds is 9. The normalized spacial score (nSPS) is 17.5. The summed E-state index contributed by atoms with van der Waals surface area (Å²) in [5.74, 6) is 0.736. The predicted molar refractivity (Wildman–Crippen MR) is 181 cm³/mol. The molecule has 7 rings (SSSR count). The van der Waals surface area contributed by atoms with Gasteiger partial charge in [-0.25, -0.2) is 18.7 Å². The summed E-state index contributed by atoms with van der Waals surface area (Å²) in [7, 11) is 0. The first-order valence-electron chi connectivity index (χ1n) is 16.4. The first-order valence-corrected chi connectivity index (χ1v) is 17.6. The molecule has 2 aromatic carbocycles. The first-order chi connectivity index (χ1) is 22.3. The number of carbonyl (C=O) groups is 1. The lowest BCUT2D eigenvalue weighted by molar-refractivity contribution is -0.0366. The minimum absolute atomic E-state index is 0.0412.